The highest BCUT2D eigenvalue weighted by molar-refractivity contribution is 7.86. The molecule has 6 nitrogen and oxygen atoms in total. The van der Waals surface area contributed by atoms with E-state index < -0.39 is 20.2 Å². The topological polar surface area (TPSA) is 101 Å². The lowest BCUT2D eigenvalue weighted by molar-refractivity contribution is 0.459. The second-order valence-corrected chi connectivity index (χ2v) is 7.57. The molecule has 0 aliphatic rings. The highest BCUT2D eigenvalue weighted by Gasteiger charge is 2.09. The van der Waals surface area contributed by atoms with Crippen LogP contribution in [0.2, 0.25) is 0 Å². The summed E-state index contributed by atoms with van der Waals surface area (Å²) in [6.45, 7) is 0. The van der Waals surface area contributed by atoms with E-state index in [1.165, 1.54) is 0 Å². The van der Waals surface area contributed by atoms with E-state index in [0.717, 1.165) is 11.8 Å². The van der Waals surface area contributed by atoms with Crippen molar-refractivity contribution in [2.75, 3.05) is 12.0 Å². The standard InChI is InChI=1S/C12H18O6S2/c1-19(13,14)18-12-9-5-4-8-11(12)7-3-2-6-10-20(15,16)17/h4-5,8-9H,2-3,6-7,10H2,1H3,(H,15,16,17)/p-1. The van der Waals surface area contributed by atoms with Crippen LogP contribution in [-0.4, -0.2) is 33.4 Å². The van der Waals surface area contributed by atoms with Gasteiger partial charge in [0.25, 0.3) is 0 Å². The van der Waals surface area contributed by atoms with Crippen molar-refractivity contribution in [3.8, 4) is 5.75 Å². The number of hydrogen-bond acceptors (Lipinski definition) is 6. The molecule has 0 atom stereocenters. The van der Waals surface area contributed by atoms with Gasteiger partial charge in [-0.25, -0.2) is 8.42 Å². The lowest BCUT2D eigenvalue weighted by Crippen LogP contribution is -2.07. The van der Waals surface area contributed by atoms with E-state index in [1.807, 2.05) is 0 Å². The summed E-state index contributed by atoms with van der Waals surface area (Å²) in [4.78, 5) is 0. The number of aryl methyl sites for hydroxylation is 1. The Morgan fingerprint density at radius 1 is 1.05 bits per heavy atom. The molecule has 1 aromatic rings. The maximum Gasteiger partial charge on any atom is 0.306 e. The van der Waals surface area contributed by atoms with Crippen LogP contribution in [0, 0.1) is 0 Å². The fourth-order valence-corrected chi connectivity index (χ4v) is 2.77. The van der Waals surface area contributed by atoms with Crippen molar-refractivity contribution in [3.63, 3.8) is 0 Å². The average Bonchev–Trinajstić information content (AvgIpc) is 2.27. The van der Waals surface area contributed by atoms with Crippen LogP contribution in [0.15, 0.2) is 24.3 Å². The van der Waals surface area contributed by atoms with Crippen LogP contribution in [-0.2, 0) is 26.7 Å². The van der Waals surface area contributed by atoms with Crippen LogP contribution in [0.25, 0.3) is 0 Å². The van der Waals surface area contributed by atoms with Crippen molar-refractivity contribution in [3.05, 3.63) is 29.8 Å². The van der Waals surface area contributed by atoms with Gasteiger partial charge in [0, 0.05) is 5.75 Å². The van der Waals surface area contributed by atoms with E-state index in [-0.39, 0.29) is 11.5 Å². The second kappa shape index (κ2) is 7.05. The molecule has 0 saturated heterocycles. The number of rotatable bonds is 8. The number of benzene rings is 1. The van der Waals surface area contributed by atoms with Gasteiger partial charge in [0.05, 0.1) is 16.4 Å². The van der Waals surface area contributed by atoms with Crippen LogP contribution in [0.5, 0.6) is 5.75 Å². The third-order valence-electron chi connectivity index (χ3n) is 2.55. The monoisotopic (exact) mass is 321 g/mol. The molecule has 0 fully saturated rings. The Labute approximate surface area is 119 Å². The molecule has 0 aliphatic heterocycles. The summed E-state index contributed by atoms with van der Waals surface area (Å²) in [5.74, 6) is -0.0828. The number of unbranched alkanes of at least 4 members (excludes halogenated alkanes) is 2. The second-order valence-electron chi connectivity index (χ2n) is 4.47. The van der Waals surface area contributed by atoms with Crippen molar-refractivity contribution in [2.45, 2.75) is 25.7 Å². The zero-order chi connectivity index (χ0) is 15.2. The van der Waals surface area contributed by atoms with Gasteiger partial charge < -0.3 is 8.74 Å². The maximum absolute atomic E-state index is 11.1. The molecule has 8 heteroatoms. The molecule has 0 aliphatic carbocycles. The highest BCUT2D eigenvalue weighted by atomic mass is 32.2. The van der Waals surface area contributed by atoms with Crippen molar-refractivity contribution in [2.24, 2.45) is 0 Å². The predicted octanol–water partition coefficient (Wildman–Crippen LogP) is 1.28. The fraction of sp³-hybridized carbons (Fsp3) is 0.500. The van der Waals surface area contributed by atoms with Gasteiger partial charge in [-0.3, -0.25) is 0 Å². The lowest BCUT2D eigenvalue weighted by Gasteiger charge is -2.09. The molecule has 1 aromatic carbocycles. The zero-order valence-electron chi connectivity index (χ0n) is 11.1. The molecule has 0 spiro atoms. The summed E-state index contributed by atoms with van der Waals surface area (Å²) in [5.41, 5.74) is 0.739. The summed E-state index contributed by atoms with van der Waals surface area (Å²) in [6.07, 6.45) is 3.07. The van der Waals surface area contributed by atoms with E-state index in [2.05, 4.69) is 0 Å². The van der Waals surface area contributed by atoms with Crippen molar-refractivity contribution in [1.29, 1.82) is 0 Å². The smallest absolute Gasteiger partial charge is 0.306 e. The summed E-state index contributed by atoms with van der Waals surface area (Å²) >= 11 is 0. The molecule has 0 unspecified atom stereocenters. The first-order chi connectivity index (χ1) is 9.17. The molecule has 0 radical (unpaired) electrons. The largest absolute Gasteiger partial charge is 0.748 e. The number of hydrogen-bond donors (Lipinski definition) is 0. The van der Waals surface area contributed by atoms with Crippen LogP contribution < -0.4 is 4.18 Å². The van der Waals surface area contributed by atoms with Crippen molar-refractivity contribution >= 4 is 20.2 Å². The Morgan fingerprint density at radius 3 is 2.30 bits per heavy atom. The molecule has 0 N–H and O–H groups in total. The minimum absolute atomic E-state index is 0.284. The average molecular weight is 321 g/mol. The maximum atomic E-state index is 11.1. The van der Waals surface area contributed by atoms with Crippen LogP contribution in [0.1, 0.15) is 24.8 Å². The van der Waals surface area contributed by atoms with Crippen LogP contribution in [0.3, 0.4) is 0 Å². The summed E-state index contributed by atoms with van der Waals surface area (Å²) in [6, 6.07) is 6.77. The highest BCUT2D eigenvalue weighted by Crippen LogP contribution is 2.21. The first-order valence-corrected chi connectivity index (χ1v) is 9.48. The van der Waals surface area contributed by atoms with Gasteiger partial charge in [-0.2, -0.15) is 8.42 Å². The lowest BCUT2D eigenvalue weighted by atomic mass is 10.1. The molecule has 0 saturated carbocycles. The first kappa shape index (κ1) is 16.9. The Morgan fingerprint density at radius 2 is 1.70 bits per heavy atom. The third kappa shape index (κ3) is 7.46. The molecular weight excluding hydrogens is 304 g/mol. The van der Waals surface area contributed by atoms with Gasteiger partial charge in [0.1, 0.15) is 5.75 Å². The normalized spacial score (nSPS) is 12.3. The zero-order valence-corrected chi connectivity index (χ0v) is 12.7. The van der Waals surface area contributed by atoms with E-state index in [4.69, 9.17) is 4.18 Å². The van der Waals surface area contributed by atoms with Gasteiger partial charge >= 0.3 is 10.1 Å². The molecule has 20 heavy (non-hydrogen) atoms. The van der Waals surface area contributed by atoms with E-state index in [1.54, 1.807) is 24.3 Å². The summed E-state index contributed by atoms with van der Waals surface area (Å²) < 4.78 is 58.4. The van der Waals surface area contributed by atoms with Crippen molar-refractivity contribution < 1.29 is 25.6 Å². The summed E-state index contributed by atoms with van der Waals surface area (Å²) in [5, 5.41) is 0. The van der Waals surface area contributed by atoms with E-state index >= 15 is 0 Å². The van der Waals surface area contributed by atoms with E-state index in [0.29, 0.717) is 25.7 Å². The molecule has 1 rings (SSSR count). The molecule has 0 bridgehead atoms. The molecule has 0 heterocycles. The quantitative estimate of drug-likeness (QED) is 0.406. The Hall–Kier alpha value is -1.12. The third-order valence-corrected chi connectivity index (χ3v) is 3.83. The molecule has 0 amide bonds. The van der Waals surface area contributed by atoms with Gasteiger partial charge in [0.15, 0.2) is 0 Å². The predicted molar refractivity (Wildman–Crippen MR) is 74.0 cm³/mol. The van der Waals surface area contributed by atoms with Gasteiger partial charge in [-0.1, -0.05) is 24.6 Å². The molecule has 0 aromatic heterocycles. The SMILES string of the molecule is CS(=O)(=O)Oc1ccccc1CCCCCS(=O)(=O)[O-]. The first-order valence-electron chi connectivity index (χ1n) is 6.08. The van der Waals surface area contributed by atoms with Crippen LogP contribution in [0.4, 0.5) is 0 Å². The Bertz CT molecular complexity index is 634. The van der Waals surface area contributed by atoms with Gasteiger partial charge in [0.2, 0.25) is 0 Å². The molecule has 114 valence electrons. The molecular formula is C12H17O6S2-. The number of para-hydroxylation sites is 1. The van der Waals surface area contributed by atoms with Crippen molar-refractivity contribution in [1.82, 2.24) is 0 Å². The van der Waals surface area contributed by atoms with Gasteiger partial charge in [-0.05, 0) is 30.9 Å². The van der Waals surface area contributed by atoms with Crippen LogP contribution >= 0.6 is 0 Å². The Balaban J connectivity index is 2.52. The Kier molecular flexibility index (Phi) is 5.97. The summed E-state index contributed by atoms with van der Waals surface area (Å²) in [7, 11) is -7.73. The minimum Gasteiger partial charge on any atom is -0.748 e. The minimum atomic E-state index is -4.16. The van der Waals surface area contributed by atoms with E-state index in [9.17, 15) is 21.4 Å². The van der Waals surface area contributed by atoms with Gasteiger partial charge in [-0.15, -0.1) is 0 Å². The fourth-order valence-electron chi connectivity index (χ4n) is 1.73.